The fraction of sp³-hybridized carbons (Fsp3) is 0.211. The molecule has 2 heterocycles. The van der Waals surface area contributed by atoms with Gasteiger partial charge in [-0.1, -0.05) is 41.6 Å². The fourth-order valence-electron chi connectivity index (χ4n) is 3.68. The average molecular weight is 367 g/mol. The Morgan fingerprint density at radius 3 is 1.63 bits per heavy atom. The Balaban J connectivity index is 1.65. The van der Waals surface area contributed by atoms with Gasteiger partial charge in [-0.05, 0) is 12.1 Å². The van der Waals surface area contributed by atoms with Crippen LogP contribution in [-0.2, 0) is 20.8 Å². The molecule has 138 valence electrons. The fourth-order valence-corrected chi connectivity index (χ4v) is 3.68. The molecule has 0 saturated heterocycles. The van der Waals surface area contributed by atoms with Gasteiger partial charge in [0.25, 0.3) is 11.8 Å². The lowest BCUT2D eigenvalue weighted by Crippen LogP contribution is -2.41. The van der Waals surface area contributed by atoms with Crippen LogP contribution in [0.5, 0.6) is 0 Å². The van der Waals surface area contributed by atoms with E-state index in [1.807, 2.05) is 0 Å². The minimum Gasteiger partial charge on any atom is -0.411 e. The van der Waals surface area contributed by atoms with Crippen LogP contribution >= 0.6 is 0 Å². The summed E-state index contributed by atoms with van der Waals surface area (Å²) in [7, 11) is 0. The first-order chi connectivity index (χ1) is 12.9. The number of fused-ring (bicyclic) bond motifs is 2. The highest BCUT2D eigenvalue weighted by Crippen LogP contribution is 2.42. The largest absolute Gasteiger partial charge is 0.411 e. The van der Waals surface area contributed by atoms with Crippen molar-refractivity contribution in [3.05, 3.63) is 59.7 Å². The average Bonchev–Trinajstić information content (AvgIpc) is 3.06. The molecule has 4 rings (SSSR count). The number of rotatable bonds is 4. The summed E-state index contributed by atoms with van der Waals surface area (Å²) < 4.78 is 0. The smallest absolute Gasteiger partial charge is 0.261 e. The zero-order chi connectivity index (χ0) is 19.2. The molecule has 27 heavy (non-hydrogen) atoms. The highest BCUT2D eigenvalue weighted by Gasteiger charge is 2.50. The first-order valence-electron chi connectivity index (χ1n) is 8.35. The number of carbonyl (C=O) groups excluding carboxylic acids is 2. The van der Waals surface area contributed by atoms with Crippen molar-refractivity contribution in [3.8, 4) is 0 Å². The maximum atomic E-state index is 12.3. The van der Waals surface area contributed by atoms with Gasteiger partial charge in [0.15, 0.2) is 11.2 Å². The minimum absolute atomic E-state index is 0.0845. The molecule has 2 aliphatic heterocycles. The molecule has 2 amide bonds. The predicted molar refractivity (Wildman–Crippen MR) is 96.4 cm³/mol. The number of nitrogens with zero attached hydrogens (tertiary/aromatic N) is 1. The van der Waals surface area contributed by atoms with Gasteiger partial charge in [0.2, 0.25) is 0 Å². The van der Waals surface area contributed by atoms with E-state index in [0.29, 0.717) is 22.5 Å². The Hall–Kier alpha value is -3.23. The quantitative estimate of drug-likeness (QED) is 0.316. The maximum Gasteiger partial charge on any atom is 0.261 e. The molecule has 0 aliphatic carbocycles. The second-order valence-electron chi connectivity index (χ2n) is 6.74. The summed E-state index contributed by atoms with van der Waals surface area (Å²) in [5.41, 5.74) is -2.38. The molecule has 2 aliphatic rings. The van der Waals surface area contributed by atoms with Crippen LogP contribution in [-0.4, -0.2) is 32.9 Å². The van der Waals surface area contributed by atoms with Crippen molar-refractivity contribution in [2.75, 3.05) is 10.6 Å². The van der Waals surface area contributed by atoms with E-state index in [0.717, 1.165) is 0 Å². The molecule has 0 bridgehead atoms. The van der Waals surface area contributed by atoms with Crippen molar-refractivity contribution in [3.63, 3.8) is 0 Å². The molecule has 0 radical (unpaired) electrons. The predicted octanol–water partition coefficient (Wildman–Crippen LogP) is 1.28. The normalized spacial score (nSPS) is 25.4. The van der Waals surface area contributed by atoms with E-state index in [2.05, 4.69) is 15.8 Å². The van der Waals surface area contributed by atoms with Gasteiger partial charge in [0.1, 0.15) is 0 Å². The summed E-state index contributed by atoms with van der Waals surface area (Å²) in [6.07, 6.45) is -0.742. The molecule has 0 aromatic heterocycles. The van der Waals surface area contributed by atoms with Gasteiger partial charge in [-0.25, -0.2) is 0 Å². The van der Waals surface area contributed by atoms with E-state index in [4.69, 9.17) is 0 Å². The number of hydrogen-bond acceptors (Lipinski definition) is 6. The van der Waals surface area contributed by atoms with Gasteiger partial charge in [0, 0.05) is 35.3 Å². The maximum absolute atomic E-state index is 12.3. The lowest BCUT2D eigenvalue weighted by Gasteiger charge is -2.25. The lowest BCUT2D eigenvalue weighted by atomic mass is 9.83. The van der Waals surface area contributed by atoms with Gasteiger partial charge in [-0.15, -0.1) is 0 Å². The van der Waals surface area contributed by atoms with Crippen LogP contribution in [0.3, 0.4) is 0 Å². The van der Waals surface area contributed by atoms with Crippen LogP contribution in [0.2, 0.25) is 0 Å². The summed E-state index contributed by atoms with van der Waals surface area (Å²) in [5.74, 6) is -1.32. The van der Waals surface area contributed by atoms with Crippen LogP contribution in [0.15, 0.2) is 53.7 Å². The molecule has 5 N–H and O–H groups in total. The Kier molecular flexibility index (Phi) is 3.76. The van der Waals surface area contributed by atoms with Crippen molar-refractivity contribution in [1.29, 1.82) is 0 Å². The molecular weight excluding hydrogens is 350 g/mol. The zero-order valence-electron chi connectivity index (χ0n) is 14.1. The molecule has 2 aromatic rings. The van der Waals surface area contributed by atoms with Crippen molar-refractivity contribution in [1.82, 2.24) is 0 Å². The number of nitrogens with one attached hydrogen (secondary N) is 2. The second-order valence-corrected chi connectivity index (χ2v) is 6.74. The summed E-state index contributed by atoms with van der Waals surface area (Å²) >= 11 is 0. The summed E-state index contributed by atoms with van der Waals surface area (Å²) in [4.78, 5) is 24.7. The molecule has 8 nitrogen and oxygen atoms in total. The Morgan fingerprint density at radius 2 is 1.22 bits per heavy atom. The Bertz CT molecular complexity index is 913. The van der Waals surface area contributed by atoms with Crippen LogP contribution in [0.4, 0.5) is 11.4 Å². The minimum atomic E-state index is -1.96. The lowest BCUT2D eigenvalue weighted by molar-refractivity contribution is -0.133. The second kappa shape index (κ2) is 5.90. The van der Waals surface area contributed by atoms with Crippen molar-refractivity contribution in [2.24, 2.45) is 5.16 Å². The number of amides is 2. The molecule has 0 spiro atoms. The van der Waals surface area contributed by atoms with Gasteiger partial charge >= 0.3 is 0 Å². The van der Waals surface area contributed by atoms with Gasteiger partial charge in [-0.3, -0.25) is 9.59 Å². The van der Waals surface area contributed by atoms with Gasteiger partial charge in [-0.2, -0.15) is 0 Å². The van der Waals surface area contributed by atoms with Gasteiger partial charge < -0.3 is 26.1 Å². The van der Waals surface area contributed by atoms with E-state index < -0.39 is 23.0 Å². The van der Waals surface area contributed by atoms with E-state index in [1.165, 1.54) is 0 Å². The van der Waals surface area contributed by atoms with E-state index in [9.17, 15) is 25.0 Å². The summed E-state index contributed by atoms with van der Waals surface area (Å²) in [6, 6.07) is 13.3. The third kappa shape index (κ3) is 2.49. The summed E-state index contributed by atoms with van der Waals surface area (Å²) in [5, 5.41) is 39.7. The van der Waals surface area contributed by atoms with Crippen LogP contribution in [0, 0.1) is 0 Å². The number of benzene rings is 2. The number of oxime groups is 1. The molecule has 0 fully saturated rings. The van der Waals surface area contributed by atoms with E-state index >= 15 is 0 Å². The molecule has 0 saturated carbocycles. The van der Waals surface area contributed by atoms with Crippen LogP contribution < -0.4 is 10.6 Å². The molecule has 2 aromatic carbocycles. The zero-order valence-corrected chi connectivity index (χ0v) is 14.1. The number of anilines is 2. The molecule has 2 unspecified atom stereocenters. The Labute approximate surface area is 154 Å². The first kappa shape index (κ1) is 17.2. The highest BCUT2D eigenvalue weighted by atomic mass is 16.4. The molecule has 2 atom stereocenters. The number of carbonyl (C=O) groups is 2. The third-order valence-corrected chi connectivity index (χ3v) is 5.05. The van der Waals surface area contributed by atoms with Crippen molar-refractivity contribution < 1.29 is 25.0 Å². The Morgan fingerprint density at radius 1 is 0.815 bits per heavy atom. The van der Waals surface area contributed by atoms with Crippen molar-refractivity contribution >= 4 is 28.9 Å². The van der Waals surface area contributed by atoms with Crippen molar-refractivity contribution in [2.45, 2.75) is 24.0 Å². The molecule has 8 heteroatoms. The summed E-state index contributed by atoms with van der Waals surface area (Å²) in [6.45, 7) is 0. The number of hydrogen-bond donors (Lipinski definition) is 5. The standard InChI is InChI=1S/C19H17N3O5/c23-16-18(25,12-5-1-3-7-14(12)20-16)9-11(22-27)10-19(26)13-6-2-4-8-15(13)21-17(19)24/h1-8,25-27H,9-10H2,(H,20,23)(H,21,24). The molecular formula is C19H17N3O5. The monoisotopic (exact) mass is 367 g/mol. The van der Waals surface area contributed by atoms with Crippen LogP contribution in [0.25, 0.3) is 0 Å². The van der Waals surface area contributed by atoms with E-state index in [1.54, 1.807) is 48.5 Å². The van der Waals surface area contributed by atoms with Crippen LogP contribution in [0.1, 0.15) is 24.0 Å². The van der Waals surface area contributed by atoms with Gasteiger partial charge in [0.05, 0.1) is 5.71 Å². The number of aliphatic hydroxyl groups is 2. The first-order valence-corrected chi connectivity index (χ1v) is 8.35. The topological polar surface area (TPSA) is 131 Å². The highest BCUT2D eigenvalue weighted by molar-refractivity contribution is 6.10. The van der Waals surface area contributed by atoms with E-state index in [-0.39, 0.29) is 18.6 Å². The number of para-hydroxylation sites is 2. The third-order valence-electron chi connectivity index (χ3n) is 5.05. The SMILES string of the molecule is O=C1Nc2ccccc2C1(O)CC(CC1(O)C(=O)Nc2ccccc21)=NO.